The van der Waals surface area contributed by atoms with E-state index in [1.807, 2.05) is 12.1 Å². The molecule has 8 N–H and O–H groups in total. The summed E-state index contributed by atoms with van der Waals surface area (Å²) in [5.74, 6) is -1.47. The Labute approximate surface area is 233 Å². The zero-order valence-corrected chi connectivity index (χ0v) is 22.4. The third kappa shape index (κ3) is 7.50. The average Bonchev–Trinajstić information content (AvgIpc) is 3.31. The van der Waals surface area contributed by atoms with E-state index in [4.69, 9.17) is 16.9 Å². The van der Waals surface area contributed by atoms with Crippen LogP contribution in [0.15, 0.2) is 53.5 Å². The molecule has 4 rings (SSSR count). The normalized spacial score (nSPS) is 12.5. The van der Waals surface area contributed by atoms with Crippen LogP contribution >= 0.6 is 0 Å². The van der Waals surface area contributed by atoms with Crippen molar-refractivity contribution in [1.82, 2.24) is 25.2 Å². The minimum absolute atomic E-state index is 0.0654. The van der Waals surface area contributed by atoms with Crippen LogP contribution < -0.4 is 27.8 Å². The first-order chi connectivity index (χ1) is 19.4. The van der Waals surface area contributed by atoms with Crippen molar-refractivity contribution in [3.63, 3.8) is 0 Å². The van der Waals surface area contributed by atoms with Crippen molar-refractivity contribution in [3.05, 3.63) is 81.7 Å². The molecule has 218 valence electrons. The minimum atomic E-state index is -4.88. The van der Waals surface area contributed by atoms with Gasteiger partial charge >= 0.3 is 11.9 Å². The molecule has 0 amide bonds. The average molecular weight is 573 g/mol. The summed E-state index contributed by atoms with van der Waals surface area (Å²) in [6, 6.07) is 10.7. The Kier molecular flexibility index (Phi) is 9.08. The lowest BCUT2D eigenvalue weighted by atomic mass is 9.98. The van der Waals surface area contributed by atoms with Crippen LogP contribution in [-0.4, -0.2) is 39.6 Å². The summed E-state index contributed by atoms with van der Waals surface area (Å²) < 4.78 is 57.4. The molecule has 0 saturated carbocycles. The summed E-state index contributed by atoms with van der Waals surface area (Å²) in [6.45, 7) is 3.66. The third-order valence-corrected chi connectivity index (χ3v) is 6.51. The van der Waals surface area contributed by atoms with E-state index in [0.29, 0.717) is 36.1 Å². The lowest BCUT2D eigenvalue weighted by molar-refractivity contribution is -0.140. The standard InChI is InChI=1S/C28H32F4N8O/c1-16(33)3-4-18-11-21(24(29)22(12-18)28(30,31)32)23-13-19-15-40(27(41)39-25(19)38-23)20-7-5-17(6-8-20)14-36-9-2-10-37-26(34)35/h5-8,11-13,15-16,36H,2-4,9-10,14,33H2,1H3,(H4,34,35,37)(H,38,39,41). The van der Waals surface area contributed by atoms with Crippen molar-refractivity contribution >= 4 is 17.0 Å². The van der Waals surface area contributed by atoms with Gasteiger partial charge in [-0.25, -0.2) is 9.18 Å². The second-order valence-corrected chi connectivity index (χ2v) is 9.94. The number of aromatic amines is 1. The molecule has 0 bridgehead atoms. The van der Waals surface area contributed by atoms with Gasteiger partial charge in [-0.3, -0.25) is 9.98 Å². The number of nitrogens with one attached hydrogen (secondary N) is 4. The predicted molar refractivity (Wildman–Crippen MR) is 150 cm³/mol. The number of guanidine groups is 1. The van der Waals surface area contributed by atoms with Gasteiger partial charge in [-0.05, 0) is 74.2 Å². The van der Waals surface area contributed by atoms with Gasteiger partial charge in [-0.15, -0.1) is 0 Å². The van der Waals surface area contributed by atoms with E-state index in [-0.39, 0.29) is 35.3 Å². The minimum Gasteiger partial charge on any atom is -0.370 e. The number of rotatable bonds is 11. The van der Waals surface area contributed by atoms with Crippen LogP contribution in [0.3, 0.4) is 0 Å². The second kappa shape index (κ2) is 12.5. The topological polar surface area (TPSA) is 151 Å². The van der Waals surface area contributed by atoms with Crippen molar-refractivity contribution in [2.24, 2.45) is 11.5 Å². The first-order valence-electron chi connectivity index (χ1n) is 13.1. The molecule has 0 aliphatic carbocycles. The molecular formula is C28H32F4N8O. The zero-order valence-electron chi connectivity index (χ0n) is 22.4. The number of hydrogen-bond donors (Lipinski definition) is 6. The number of halogens is 4. The number of alkyl halides is 3. The number of H-pyrrole nitrogens is 1. The van der Waals surface area contributed by atoms with E-state index < -0.39 is 23.2 Å². The fourth-order valence-electron chi connectivity index (χ4n) is 4.39. The highest BCUT2D eigenvalue weighted by Gasteiger charge is 2.36. The Morgan fingerprint density at radius 2 is 1.88 bits per heavy atom. The van der Waals surface area contributed by atoms with Gasteiger partial charge in [0, 0.05) is 36.3 Å². The van der Waals surface area contributed by atoms with Crippen LogP contribution in [0.1, 0.15) is 36.5 Å². The lowest BCUT2D eigenvalue weighted by Gasteiger charge is -2.14. The van der Waals surface area contributed by atoms with Gasteiger partial charge in [0.2, 0.25) is 0 Å². The molecule has 0 aliphatic heterocycles. The Bertz CT molecular complexity index is 1580. The quantitative estimate of drug-likeness (QED) is 0.0697. The number of aryl methyl sites for hydroxylation is 1. The molecule has 9 nitrogen and oxygen atoms in total. The van der Waals surface area contributed by atoms with Crippen LogP contribution in [0.4, 0.5) is 17.6 Å². The monoisotopic (exact) mass is 572 g/mol. The molecule has 0 saturated heterocycles. The maximum atomic E-state index is 15.1. The second-order valence-electron chi connectivity index (χ2n) is 9.94. The summed E-state index contributed by atoms with van der Waals surface area (Å²) in [5.41, 5.74) is 10.8. The van der Waals surface area contributed by atoms with E-state index >= 15 is 4.39 Å². The van der Waals surface area contributed by atoms with Gasteiger partial charge in [0.05, 0.1) is 16.9 Å². The first kappa shape index (κ1) is 29.7. The Morgan fingerprint density at radius 3 is 2.54 bits per heavy atom. The van der Waals surface area contributed by atoms with Gasteiger partial charge in [-0.1, -0.05) is 12.1 Å². The fourth-order valence-corrected chi connectivity index (χ4v) is 4.39. The zero-order chi connectivity index (χ0) is 29.7. The summed E-state index contributed by atoms with van der Waals surface area (Å²) in [6.07, 6.45) is -1.89. The fraction of sp³-hybridized carbons (Fsp3) is 0.321. The van der Waals surface area contributed by atoms with Crippen molar-refractivity contribution in [1.29, 1.82) is 5.41 Å². The molecule has 13 heteroatoms. The van der Waals surface area contributed by atoms with Gasteiger partial charge in [-0.2, -0.15) is 18.2 Å². The van der Waals surface area contributed by atoms with Crippen LogP contribution in [0, 0.1) is 11.2 Å². The lowest BCUT2D eigenvalue weighted by Crippen LogP contribution is -2.32. The van der Waals surface area contributed by atoms with Crippen LogP contribution in [0.2, 0.25) is 0 Å². The SMILES string of the molecule is CC(N)CCc1cc(-c2cc3cn(-c4ccc(CNCCCNC(=N)N)cc4)c(=O)nc3[nH]2)c(F)c(C(F)(F)F)c1. The summed E-state index contributed by atoms with van der Waals surface area (Å²) in [7, 11) is 0. The van der Waals surface area contributed by atoms with E-state index in [0.717, 1.165) is 24.6 Å². The van der Waals surface area contributed by atoms with Crippen molar-refractivity contribution < 1.29 is 17.6 Å². The molecule has 0 spiro atoms. The Morgan fingerprint density at radius 1 is 1.15 bits per heavy atom. The van der Waals surface area contributed by atoms with Crippen LogP contribution in [-0.2, 0) is 19.1 Å². The maximum absolute atomic E-state index is 15.1. The molecule has 0 radical (unpaired) electrons. The molecule has 0 aliphatic rings. The summed E-state index contributed by atoms with van der Waals surface area (Å²) >= 11 is 0. The van der Waals surface area contributed by atoms with E-state index in [9.17, 15) is 18.0 Å². The first-order valence-corrected chi connectivity index (χ1v) is 13.1. The van der Waals surface area contributed by atoms with E-state index in [1.54, 1.807) is 19.1 Å². The molecule has 4 aromatic rings. The smallest absolute Gasteiger partial charge is 0.370 e. The molecule has 0 fully saturated rings. The van der Waals surface area contributed by atoms with Gasteiger partial charge in [0.15, 0.2) is 5.96 Å². The molecule has 2 aromatic carbocycles. The maximum Gasteiger partial charge on any atom is 0.419 e. The predicted octanol–water partition coefficient (Wildman–Crippen LogP) is 3.78. The van der Waals surface area contributed by atoms with Gasteiger partial charge < -0.3 is 27.1 Å². The third-order valence-electron chi connectivity index (χ3n) is 6.51. The number of fused-ring (bicyclic) bond motifs is 1. The number of aromatic nitrogens is 3. The van der Waals surface area contributed by atoms with Gasteiger partial charge in [0.25, 0.3) is 0 Å². The largest absolute Gasteiger partial charge is 0.419 e. The molecule has 1 atom stereocenters. The van der Waals surface area contributed by atoms with Crippen LogP contribution in [0.25, 0.3) is 28.0 Å². The molecule has 2 aromatic heterocycles. The van der Waals surface area contributed by atoms with Crippen LogP contribution in [0.5, 0.6) is 0 Å². The number of benzene rings is 2. The molecular weight excluding hydrogens is 540 g/mol. The number of nitrogens with zero attached hydrogens (tertiary/aromatic N) is 2. The summed E-state index contributed by atoms with van der Waals surface area (Å²) in [5, 5.41) is 13.6. The highest BCUT2D eigenvalue weighted by Crippen LogP contribution is 2.37. The number of hydrogen-bond acceptors (Lipinski definition) is 5. The van der Waals surface area contributed by atoms with Gasteiger partial charge in [0.1, 0.15) is 11.5 Å². The Balaban J connectivity index is 1.58. The highest BCUT2D eigenvalue weighted by molar-refractivity contribution is 5.83. The van der Waals surface area contributed by atoms with Crippen molar-refractivity contribution in [3.8, 4) is 16.9 Å². The highest BCUT2D eigenvalue weighted by atomic mass is 19.4. The van der Waals surface area contributed by atoms with Crippen molar-refractivity contribution in [2.75, 3.05) is 13.1 Å². The summed E-state index contributed by atoms with van der Waals surface area (Å²) in [4.78, 5) is 19.6. The van der Waals surface area contributed by atoms with Crippen molar-refractivity contribution in [2.45, 2.75) is 44.9 Å². The number of nitrogens with two attached hydrogens (primary N) is 2. The molecule has 1 unspecified atom stereocenters. The Hall–Kier alpha value is -4.23. The molecule has 41 heavy (non-hydrogen) atoms. The molecule has 2 heterocycles. The van der Waals surface area contributed by atoms with E-state index in [1.165, 1.54) is 22.9 Å². The van der Waals surface area contributed by atoms with E-state index in [2.05, 4.69) is 20.6 Å².